The van der Waals surface area contributed by atoms with Gasteiger partial charge in [-0.25, -0.2) is 0 Å². The van der Waals surface area contributed by atoms with Crippen LogP contribution in [0, 0.1) is 0 Å². The molecule has 0 radical (unpaired) electrons. The molecule has 1 N–H and O–H groups in total. The largest absolute Gasteiger partial charge is 0.508 e. The normalized spacial score (nSPS) is 11.3. The molecule has 0 aliphatic carbocycles. The molecule has 1 aromatic rings. The molecule has 1 nitrogen and oxygen atoms in total. The average molecular weight is 417 g/mol. The van der Waals surface area contributed by atoms with Crippen LogP contribution >= 0.6 is 0 Å². The molecule has 0 heterocycles. The zero-order chi connectivity index (χ0) is 21.9. The van der Waals surface area contributed by atoms with Gasteiger partial charge in [0, 0.05) is 0 Å². The van der Waals surface area contributed by atoms with Crippen molar-refractivity contribution < 1.29 is 5.11 Å². The first kappa shape index (κ1) is 27.1. The lowest BCUT2D eigenvalue weighted by Crippen LogP contribution is -2.02. The highest BCUT2D eigenvalue weighted by Gasteiger charge is 2.12. The lowest BCUT2D eigenvalue weighted by molar-refractivity contribution is 0.463. The summed E-state index contributed by atoms with van der Waals surface area (Å²) in [4.78, 5) is 0. The maximum absolute atomic E-state index is 10.6. The molecule has 0 aromatic heterocycles. The summed E-state index contributed by atoms with van der Waals surface area (Å²) in [6.45, 7) is 6.84. The Kier molecular flexibility index (Phi) is 16.9. The number of benzene rings is 1. The second-order valence-electron chi connectivity index (χ2n) is 9.40. The molecule has 1 rings (SSSR count). The van der Waals surface area contributed by atoms with Gasteiger partial charge in [-0.15, -0.1) is 0 Å². The first-order chi connectivity index (χ1) is 14.7. The van der Waals surface area contributed by atoms with Crippen molar-refractivity contribution in [3.63, 3.8) is 0 Å². The van der Waals surface area contributed by atoms with Gasteiger partial charge in [-0.1, -0.05) is 123 Å². The third-order valence-corrected chi connectivity index (χ3v) is 6.58. The van der Waals surface area contributed by atoms with Crippen molar-refractivity contribution in [1.29, 1.82) is 0 Å². The Morgan fingerprint density at radius 3 is 1.37 bits per heavy atom. The SMILES string of the molecule is CCCCCCCCCCc1c(O)ccc(CCC)c1CCCCCCCCCC. The summed E-state index contributed by atoms with van der Waals surface area (Å²) in [5.74, 6) is 0.548. The number of phenols is 1. The number of rotatable bonds is 20. The number of aromatic hydroxyl groups is 1. The number of unbranched alkanes of at least 4 members (excludes halogenated alkanes) is 14. The van der Waals surface area contributed by atoms with E-state index in [2.05, 4.69) is 26.8 Å². The van der Waals surface area contributed by atoms with Crippen LogP contribution in [0.4, 0.5) is 0 Å². The molecule has 0 unspecified atom stereocenters. The molecular formula is C29H52O. The molecule has 1 aromatic carbocycles. The Labute approximate surface area is 189 Å². The molecule has 0 aliphatic heterocycles. The van der Waals surface area contributed by atoms with Crippen molar-refractivity contribution in [3.05, 3.63) is 28.8 Å². The van der Waals surface area contributed by atoms with Gasteiger partial charge in [-0.2, -0.15) is 0 Å². The quantitative estimate of drug-likeness (QED) is 0.210. The van der Waals surface area contributed by atoms with E-state index < -0.39 is 0 Å². The monoisotopic (exact) mass is 416 g/mol. The standard InChI is InChI=1S/C29H52O/c1-4-7-9-11-13-15-17-19-22-27-26(21-6-3)24-25-29(30)28(27)23-20-18-16-14-12-10-8-5-2/h24-25,30H,4-23H2,1-3H3. The summed E-state index contributed by atoms with van der Waals surface area (Å²) in [7, 11) is 0. The molecule has 0 bridgehead atoms. The smallest absolute Gasteiger partial charge is 0.119 e. The first-order valence-electron chi connectivity index (χ1n) is 13.6. The van der Waals surface area contributed by atoms with Crippen molar-refractivity contribution in [3.8, 4) is 5.75 Å². The minimum atomic E-state index is 0.548. The van der Waals surface area contributed by atoms with Gasteiger partial charge in [0.25, 0.3) is 0 Å². The second kappa shape index (κ2) is 18.8. The molecule has 0 saturated heterocycles. The zero-order valence-corrected chi connectivity index (χ0v) is 20.7. The van der Waals surface area contributed by atoms with Crippen molar-refractivity contribution in [1.82, 2.24) is 0 Å². The first-order valence-corrected chi connectivity index (χ1v) is 13.6. The molecule has 0 atom stereocenters. The van der Waals surface area contributed by atoms with Gasteiger partial charge in [0.05, 0.1) is 0 Å². The number of hydrogen-bond donors (Lipinski definition) is 1. The zero-order valence-electron chi connectivity index (χ0n) is 20.7. The van der Waals surface area contributed by atoms with Crippen LogP contribution in [0.1, 0.15) is 147 Å². The molecule has 0 aliphatic rings. The molecule has 1 heteroatoms. The molecule has 174 valence electrons. The van der Waals surface area contributed by atoms with E-state index in [1.54, 1.807) is 0 Å². The van der Waals surface area contributed by atoms with E-state index >= 15 is 0 Å². The van der Waals surface area contributed by atoms with Crippen molar-refractivity contribution in [2.75, 3.05) is 0 Å². The number of aryl methyl sites for hydroxylation is 1. The Bertz CT molecular complexity index is 519. The van der Waals surface area contributed by atoms with Gasteiger partial charge in [0.15, 0.2) is 0 Å². The number of phenolic OH excluding ortho intramolecular Hbond substituents is 1. The summed E-state index contributed by atoms with van der Waals surface area (Å²) in [6.07, 6.45) is 26.3. The van der Waals surface area contributed by atoms with Gasteiger partial charge < -0.3 is 5.11 Å². The maximum Gasteiger partial charge on any atom is 0.119 e. The Morgan fingerprint density at radius 1 is 0.467 bits per heavy atom. The second-order valence-corrected chi connectivity index (χ2v) is 9.40. The van der Waals surface area contributed by atoms with E-state index in [1.165, 1.54) is 126 Å². The third-order valence-electron chi connectivity index (χ3n) is 6.58. The summed E-state index contributed by atoms with van der Waals surface area (Å²) >= 11 is 0. The highest BCUT2D eigenvalue weighted by atomic mass is 16.3. The molecule has 0 saturated carbocycles. The average Bonchev–Trinajstić information content (AvgIpc) is 2.75. The van der Waals surface area contributed by atoms with E-state index in [-0.39, 0.29) is 0 Å². The van der Waals surface area contributed by atoms with Crippen molar-refractivity contribution >= 4 is 0 Å². The summed E-state index contributed by atoms with van der Waals surface area (Å²) in [5, 5.41) is 10.6. The predicted octanol–water partition coefficient (Wildman–Crippen LogP) is 9.71. The molecule has 30 heavy (non-hydrogen) atoms. The lowest BCUT2D eigenvalue weighted by Gasteiger charge is -2.17. The Hall–Kier alpha value is -0.980. The van der Waals surface area contributed by atoms with Crippen LogP contribution in [0.15, 0.2) is 12.1 Å². The molecule has 0 spiro atoms. The van der Waals surface area contributed by atoms with Crippen molar-refractivity contribution in [2.45, 2.75) is 149 Å². The predicted molar refractivity (Wildman–Crippen MR) is 135 cm³/mol. The Balaban J connectivity index is 2.47. The maximum atomic E-state index is 10.6. The topological polar surface area (TPSA) is 20.2 Å². The van der Waals surface area contributed by atoms with Crippen LogP contribution in [0.2, 0.25) is 0 Å². The fraction of sp³-hybridized carbons (Fsp3) is 0.793. The highest BCUT2D eigenvalue weighted by molar-refractivity contribution is 5.45. The summed E-state index contributed by atoms with van der Waals surface area (Å²) in [6, 6.07) is 4.15. The van der Waals surface area contributed by atoms with Gasteiger partial charge in [0.2, 0.25) is 0 Å². The summed E-state index contributed by atoms with van der Waals surface area (Å²) in [5.41, 5.74) is 4.26. The van der Waals surface area contributed by atoms with Crippen LogP contribution < -0.4 is 0 Å². The fourth-order valence-electron chi connectivity index (χ4n) is 4.69. The van der Waals surface area contributed by atoms with Gasteiger partial charge in [0.1, 0.15) is 5.75 Å². The van der Waals surface area contributed by atoms with Gasteiger partial charge in [-0.05, 0) is 54.9 Å². The summed E-state index contributed by atoms with van der Waals surface area (Å²) < 4.78 is 0. The van der Waals surface area contributed by atoms with Crippen LogP contribution in [-0.2, 0) is 19.3 Å². The van der Waals surface area contributed by atoms with E-state index in [0.717, 1.165) is 19.3 Å². The molecular weight excluding hydrogens is 364 g/mol. The molecule has 0 amide bonds. The lowest BCUT2D eigenvalue weighted by atomic mass is 9.90. The van der Waals surface area contributed by atoms with E-state index in [0.29, 0.717) is 5.75 Å². The number of hydrogen-bond acceptors (Lipinski definition) is 1. The minimum Gasteiger partial charge on any atom is -0.508 e. The van der Waals surface area contributed by atoms with Crippen LogP contribution in [-0.4, -0.2) is 5.11 Å². The van der Waals surface area contributed by atoms with E-state index in [1.807, 2.05) is 6.07 Å². The van der Waals surface area contributed by atoms with E-state index in [9.17, 15) is 5.11 Å². The molecule has 0 fully saturated rings. The van der Waals surface area contributed by atoms with Crippen LogP contribution in [0.5, 0.6) is 5.75 Å². The fourth-order valence-corrected chi connectivity index (χ4v) is 4.69. The van der Waals surface area contributed by atoms with Crippen molar-refractivity contribution in [2.24, 2.45) is 0 Å². The highest BCUT2D eigenvalue weighted by Crippen LogP contribution is 2.29. The van der Waals surface area contributed by atoms with Crippen LogP contribution in [0.3, 0.4) is 0 Å². The van der Waals surface area contributed by atoms with Gasteiger partial charge in [-0.3, -0.25) is 0 Å². The van der Waals surface area contributed by atoms with Crippen LogP contribution in [0.25, 0.3) is 0 Å². The van der Waals surface area contributed by atoms with E-state index in [4.69, 9.17) is 0 Å². The minimum absolute atomic E-state index is 0.548. The third kappa shape index (κ3) is 12.0. The Morgan fingerprint density at radius 2 is 0.900 bits per heavy atom. The van der Waals surface area contributed by atoms with Gasteiger partial charge >= 0.3 is 0 Å².